The predicted octanol–water partition coefficient (Wildman–Crippen LogP) is -0.264. The first-order chi connectivity index (χ1) is 3.83. The molecule has 0 atom stereocenters. The molecule has 0 unspecified atom stereocenters. The van der Waals surface area contributed by atoms with Gasteiger partial charge in [0, 0.05) is 0 Å². The average Bonchev–Trinajstić information content (AvgIpc) is 1.88. The third-order valence-electron chi connectivity index (χ3n) is 0.408. The van der Waals surface area contributed by atoms with Crippen molar-refractivity contribution in [2.24, 2.45) is 0 Å². The second-order valence-electron chi connectivity index (χ2n) is 1.41. The standard InChI is InChI=1S/2C3H7O.Zr.2H/c2*1-2-3-4;;;/h2*2-3H2,1H3;;;/q2*-1;+4;2*-1. The van der Waals surface area contributed by atoms with Gasteiger partial charge in [-0.3, -0.25) is 0 Å². The van der Waals surface area contributed by atoms with E-state index in [9.17, 15) is 10.2 Å². The van der Waals surface area contributed by atoms with Crippen molar-refractivity contribution < 1.29 is 39.3 Å². The molecule has 0 saturated heterocycles. The Labute approximate surface area is 79.4 Å². The van der Waals surface area contributed by atoms with E-state index < -0.39 is 0 Å². The molecule has 0 aromatic heterocycles. The van der Waals surface area contributed by atoms with Gasteiger partial charge in [-0.05, 0) is 0 Å². The topological polar surface area (TPSA) is 46.1 Å². The van der Waals surface area contributed by atoms with E-state index in [1.54, 1.807) is 0 Å². The monoisotopic (exact) mass is 210 g/mol. The summed E-state index contributed by atoms with van der Waals surface area (Å²) in [7, 11) is 0. The van der Waals surface area contributed by atoms with Crippen LogP contribution < -0.4 is 10.2 Å². The van der Waals surface area contributed by atoms with Gasteiger partial charge < -0.3 is 13.1 Å². The van der Waals surface area contributed by atoms with E-state index in [2.05, 4.69) is 0 Å². The minimum absolute atomic E-state index is 0. The summed E-state index contributed by atoms with van der Waals surface area (Å²) in [5.74, 6) is 0. The Morgan fingerprint density at radius 1 is 1.00 bits per heavy atom. The van der Waals surface area contributed by atoms with E-state index in [1.807, 2.05) is 13.8 Å². The zero-order chi connectivity index (χ0) is 6.83. The molecule has 0 fully saturated rings. The van der Waals surface area contributed by atoms with E-state index in [0.29, 0.717) is 0 Å². The number of rotatable bonds is 2. The van der Waals surface area contributed by atoms with Gasteiger partial charge in [0.25, 0.3) is 0 Å². The van der Waals surface area contributed by atoms with Gasteiger partial charge in [-0.25, -0.2) is 0 Å². The van der Waals surface area contributed by atoms with Crippen molar-refractivity contribution in [2.45, 2.75) is 26.7 Å². The van der Waals surface area contributed by atoms with Gasteiger partial charge in [0.15, 0.2) is 0 Å². The van der Waals surface area contributed by atoms with Gasteiger partial charge in [0.2, 0.25) is 0 Å². The van der Waals surface area contributed by atoms with E-state index in [4.69, 9.17) is 0 Å². The summed E-state index contributed by atoms with van der Waals surface area (Å²) in [5.41, 5.74) is 0. The van der Waals surface area contributed by atoms with Gasteiger partial charge in [0.05, 0.1) is 0 Å². The zero-order valence-electron chi connectivity index (χ0n) is 8.14. The normalized spacial score (nSPS) is 6.67. The smallest absolute Gasteiger partial charge is 1.00 e. The summed E-state index contributed by atoms with van der Waals surface area (Å²) in [5, 5.41) is 18.6. The van der Waals surface area contributed by atoms with Crippen LogP contribution in [0.3, 0.4) is 0 Å². The Bertz CT molecular complexity index is 26.5. The molecule has 3 heteroatoms. The van der Waals surface area contributed by atoms with Crippen molar-refractivity contribution in [3.05, 3.63) is 0 Å². The van der Waals surface area contributed by atoms with Crippen LogP contribution in [-0.4, -0.2) is 13.2 Å². The summed E-state index contributed by atoms with van der Waals surface area (Å²) >= 11 is 0. The van der Waals surface area contributed by atoms with Crippen LogP contribution in [0.25, 0.3) is 0 Å². The molecule has 0 amide bonds. The largest absolute Gasteiger partial charge is 4.00 e. The summed E-state index contributed by atoms with van der Waals surface area (Å²) in [6.45, 7) is 3.88. The van der Waals surface area contributed by atoms with Gasteiger partial charge in [-0.1, -0.05) is 26.7 Å². The van der Waals surface area contributed by atoms with Gasteiger partial charge in [-0.15, -0.1) is 13.2 Å². The number of hydrogen-bond acceptors (Lipinski definition) is 2. The molecule has 0 spiro atoms. The molecule has 0 aliphatic rings. The Morgan fingerprint density at radius 3 is 1.11 bits per heavy atom. The second-order valence-corrected chi connectivity index (χ2v) is 1.41. The van der Waals surface area contributed by atoms with Crippen LogP contribution in [0.2, 0.25) is 0 Å². The van der Waals surface area contributed by atoms with Gasteiger partial charge in [-0.2, -0.15) is 0 Å². The van der Waals surface area contributed by atoms with Crippen molar-refractivity contribution in [2.75, 3.05) is 13.2 Å². The van der Waals surface area contributed by atoms with Crippen molar-refractivity contribution in [3.8, 4) is 0 Å². The molecule has 9 heavy (non-hydrogen) atoms. The maximum atomic E-state index is 9.30. The molecule has 0 aliphatic carbocycles. The van der Waals surface area contributed by atoms with Crippen LogP contribution in [0, 0.1) is 0 Å². The SMILES string of the molecule is CCC[O-].CCC[O-].[H-].[H-].[Zr+4]. The molecular weight excluding hydrogens is 195 g/mol. The first kappa shape index (κ1) is 16.4. The molecular formula is C6H16O2Zr. The van der Waals surface area contributed by atoms with Crippen LogP contribution >= 0.6 is 0 Å². The maximum absolute atomic E-state index is 9.30. The summed E-state index contributed by atoms with van der Waals surface area (Å²) in [6.07, 6.45) is 1.53. The van der Waals surface area contributed by atoms with Crippen LogP contribution in [0.4, 0.5) is 0 Å². The summed E-state index contributed by atoms with van der Waals surface area (Å²) in [6, 6.07) is 0. The molecule has 0 aromatic carbocycles. The minimum Gasteiger partial charge on any atom is -1.00 e. The van der Waals surface area contributed by atoms with Gasteiger partial charge in [0.1, 0.15) is 0 Å². The molecule has 0 radical (unpaired) electrons. The van der Waals surface area contributed by atoms with E-state index in [0.717, 1.165) is 12.8 Å². The fourth-order valence-electron chi connectivity index (χ4n) is 0. The second kappa shape index (κ2) is 23.2. The van der Waals surface area contributed by atoms with Crippen LogP contribution in [0.5, 0.6) is 0 Å². The molecule has 56 valence electrons. The van der Waals surface area contributed by atoms with Crippen LogP contribution in [0.15, 0.2) is 0 Å². The third-order valence-corrected chi connectivity index (χ3v) is 0.408. The fourth-order valence-corrected chi connectivity index (χ4v) is 0. The Balaban J connectivity index is -0.0000000171. The molecule has 2 nitrogen and oxygen atoms in total. The quantitative estimate of drug-likeness (QED) is 0.631. The Hall–Kier alpha value is 0.803. The molecule has 0 heterocycles. The molecule has 0 aliphatic heterocycles. The average molecular weight is 211 g/mol. The minimum atomic E-state index is 0. The van der Waals surface area contributed by atoms with Crippen molar-refractivity contribution in [1.29, 1.82) is 0 Å². The van der Waals surface area contributed by atoms with Crippen molar-refractivity contribution in [1.82, 2.24) is 0 Å². The van der Waals surface area contributed by atoms with E-state index >= 15 is 0 Å². The first-order valence-electron chi connectivity index (χ1n) is 2.99. The van der Waals surface area contributed by atoms with Crippen molar-refractivity contribution in [3.63, 3.8) is 0 Å². The molecule has 0 bridgehead atoms. The Kier molecular flexibility index (Phi) is 42.4. The van der Waals surface area contributed by atoms with Crippen molar-refractivity contribution >= 4 is 0 Å². The number of hydrogen-bond donors (Lipinski definition) is 0. The van der Waals surface area contributed by atoms with Crippen LogP contribution in [-0.2, 0) is 26.2 Å². The molecule has 0 N–H and O–H groups in total. The summed E-state index contributed by atoms with van der Waals surface area (Å²) < 4.78 is 0. The Morgan fingerprint density at radius 2 is 1.11 bits per heavy atom. The van der Waals surface area contributed by atoms with Crippen LogP contribution in [0.1, 0.15) is 29.5 Å². The summed E-state index contributed by atoms with van der Waals surface area (Å²) in [4.78, 5) is 0. The fraction of sp³-hybridized carbons (Fsp3) is 1.00. The predicted molar refractivity (Wildman–Crippen MR) is 32.5 cm³/mol. The van der Waals surface area contributed by atoms with Gasteiger partial charge >= 0.3 is 26.2 Å². The maximum Gasteiger partial charge on any atom is 4.00 e. The molecule has 0 rings (SSSR count). The third kappa shape index (κ3) is 51.9. The van der Waals surface area contributed by atoms with E-state index in [1.165, 1.54) is 0 Å². The molecule has 0 saturated carbocycles. The molecule has 0 aromatic rings. The van der Waals surface area contributed by atoms with E-state index in [-0.39, 0.29) is 42.3 Å². The zero-order valence-corrected chi connectivity index (χ0v) is 8.60. The first-order valence-corrected chi connectivity index (χ1v) is 2.99.